The number of carbonyl (C=O) groups is 1. The summed E-state index contributed by atoms with van der Waals surface area (Å²) in [6.45, 7) is 1.57. The molecule has 0 saturated heterocycles. The molecule has 0 bridgehead atoms. The molecule has 0 aliphatic carbocycles. The smallest absolute Gasteiger partial charge is 0.160 e. The topological polar surface area (TPSA) is 29.4 Å². The Balaban J connectivity index is 2.16. The first-order valence-corrected chi connectivity index (χ1v) is 3.92. The predicted octanol–water partition coefficient (Wildman–Crippen LogP) is 1.45. The summed E-state index contributed by atoms with van der Waals surface area (Å²) in [4.78, 5) is 15.0. The van der Waals surface area contributed by atoms with Crippen molar-refractivity contribution in [2.75, 3.05) is 0 Å². The maximum atomic E-state index is 10.9. The second-order valence-electron chi connectivity index (χ2n) is 2.89. The zero-order valence-corrected chi connectivity index (χ0v) is 6.82. The van der Waals surface area contributed by atoms with Crippen LogP contribution >= 0.6 is 0 Å². The predicted molar refractivity (Wildman–Crippen MR) is 47.4 cm³/mol. The molecule has 1 unspecified atom stereocenters. The minimum atomic E-state index is -0.146. The van der Waals surface area contributed by atoms with Crippen molar-refractivity contribution in [2.24, 2.45) is 4.99 Å². The van der Waals surface area contributed by atoms with Gasteiger partial charge < -0.3 is 0 Å². The Kier molecular flexibility index (Phi) is 1.54. The third-order valence-electron chi connectivity index (χ3n) is 1.91. The first kappa shape index (κ1) is 7.22. The third kappa shape index (κ3) is 1.16. The Morgan fingerprint density at radius 1 is 1.33 bits per heavy atom. The van der Waals surface area contributed by atoms with E-state index in [1.54, 1.807) is 6.92 Å². The molecule has 0 saturated carbocycles. The average Bonchev–Trinajstić information content (AvgIpc) is 2.84. The van der Waals surface area contributed by atoms with Crippen LogP contribution in [0.25, 0.3) is 0 Å². The second-order valence-corrected chi connectivity index (χ2v) is 2.89. The van der Waals surface area contributed by atoms with Crippen molar-refractivity contribution in [3.05, 3.63) is 35.9 Å². The molecule has 0 radical (unpaired) electrons. The molecule has 0 spiro atoms. The monoisotopic (exact) mass is 159 g/mol. The largest absolute Gasteiger partial charge is 0.297 e. The van der Waals surface area contributed by atoms with Gasteiger partial charge in [0.05, 0.1) is 5.71 Å². The van der Waals surface area contributed by atoms with E-state index in [4.69, 9.17) is 0 Å². The van der Waals surface area contributed by atoms with Crippen molar-refractivity contribution in [2.45, 2.75) is 13.0 Å². The maximum absolute atomic E-state index is 10.9. The van der Waals surface area contributed by atoms with Gasteiger partial charge in [0.25, 0.3) is 0 Å². The normalized spacial score (nSPS) is 20.1. The number of carbonyl (C=O) groups excluding carboxylic acids is 1. The summed E-state index contributed by atoms with van der Waals surface area (Å²) in [5.41, 5.74) is 2.00. The summed E-state index contributed by atoms with van der Waals surface area (Å²) in [7, 11) is 0. The van der Waals surface area contributed by atoms with Crippen LogP contribution in [0.3, 0.4) is 0 Å². The van der Waals surface area contributed by atoms with Crippen LogP contribution in [0.1, 0.15) is 12.5 Å². The molecule has 2 heteroatoms. The highest BCUT2D eigenvalue weighted by molar-refractivity contribution is 6.25. The summed E-state index contributed by atoms with van der Waals surface area (Å²) in [5, 5.41) is 0. The van der Waals surface area contributed by atoms with Gasteiger partial charge in [0, 0.05) is 0 Å². The Bertz CT molecular complexity index is 340. The molecule has 1 heterocycles. The number of benzene rings is 1. The lowest BCUT2D eigenvalue weighted by atomic mass is 10.1. The molecule has 1 aliphatic rings. The fraction of sp³-hybridized carbons (Fsp3) is 0.200. The van der Waals surface area contributed by atoms with E-state index in [0.29, 0.717) is 0 Å². The minimum absolute atomic E-state index is 0.133. The van der Waals surface area contributed by atoms with Gasteiger partial charge in [-0.2, -0.15) is 0 Å². The van der Waals surface area contributed by atoms with Gasteiger partial charge in [0.15, 0.2) is 11.8 Å². The Morgan fingerprint density at radius 3 is 2.50 bits per heavy atom. The van der Waals surface area contributed by atoms with E-state index in [2.05, 4.69) is 4.99 Å². The van der Waals surface area contributed by atoms with Gasteiger partial charge in [-0.25, -0.2) is 0 Å². The maximum Gasteiger partial charge on any atom is 0.160 e. The van der Waals surface area contributed by atoms with Crippen molar-refractivity contribution >= 4 is 11.5 Å². The average molecular weight is 159 g/mol. The molecule has 2 rings (SSSR count). The first-order chi connectivity index (χ1) is 5.79. The lowest BCUT2D eigenvalue weighted by Gasteiger charge is -1.91. The molecule has 1 aliphatic heterocycles. The van der Waals surface area contributed by atoms with Crippen molar-refractivity contribution in [1.29, 1.82) is 0 Å². The van der Waals surface area contributed by atoms with Crippen molar-refractivity contribution in [3.8, 4) is 0 Å². The van der Waals surface area contributed by atoms with Crippen LogP contribution < -0.4 is 0 Å². The molecule has 0 fully saturated rings. The molecule has 60 valence electrons. The summed E-state index contributed by atoms with van der Waals surface area (Å²) in [6, 6.07) is 9.66. The van der Waals surface area contributed by atoms with E-state index in [9.17, 15) is 4.79 Å². The molecule has 0 amide bonds. The second kappa shape index (κ2) is 2.55. The number of hydrogen-bond donors (Lipinski definition) is 0. The first-order valence-electron chi connectivity index (χ1n) is 3.92. The van der Waals surface area contributed by atoms with Crippen LogP contribution in [0.5, 0.6) is 0 Å². The van der Waals surface area contributed by atoms with Gasteiger partial charge in [-0.15, -0.1) is 0 Å². The SMILES string of the molecule is CC(=O)C1N=C1c1ccccc1. The van der Waals surface area contributed by atoms with Crippen LogP contribution in [0.15, 0.2) is 35.3 Å². The van der Waals surface area contributed by atoms with Crippen molar-refractivity contribution in [1.82, 2.24) is 0 Å². The Morgan fingerprint density at radius 2 is 2.00 bits per heavy atom. The standard InChI is InChI=1S/C10H9NO/c1-7(12)9-10(11-9)8-5-3-2-4-6-8/h2-6,9H,1H3. The number of hydrogen-bond acceptors (Lipinski definition) is 2. The molecule has 0 aromatic heterocycles. The molecular formula is C10H9NO. The molecule has 12 heavy (non-hydrogen) atoms. The zero-order chi connectivity index (χ0) is 8.55. The molecule has 2 nitrogen and oxygen atoms in total. The van der Waals surface area contributed by atoms with Gasteiger partial charge in [-0.3, -0.25) is 9.79 Å². The van der Waals surface area contributed by atoms with Gasteiger partial charge in [-0.05, 0) is 12.5 Å². The summed E-state index contributed by atoms with van der Waals surface area (Å²) in [6.07, 6.45) is 0. The lowest BCUT2D eigenvalue weighted by Crippen LogP contribution is -2.08. The summed E-state index contributed by atoms with van der Waals surface area (Å²) < 4.78 is 0. The fourth-order valence-electron chi connectivity index (χ4n) is 1.23. The third-order valence-corrected chi connectivity index (χ3v) is 1.91. The highest BCUT2D eigenvalue weighted by atomic mass is 16.1. The van der Waals surface area contributed by atoms with E-state index < -0.39 is 0 Å². The van der Waals surface area contributed by atoms with E-state index in [1.165, 1.54) is 0 Å². The van der Waals surface area contributed by atoms with Gasteiger partial charge in [0.2, 0.25) is 0 Å². The van der Waals surface area contributed by atoms with Crippen LogP contribution in [0.2, 0.25) is 0 Å². The van der Waals surface area contributed by atoms with E-state index in [1.807, 2.05) is 30.3 Å². The number of ketones is 1. The molecular weight excluding hydrogens is 150 g/mol. The lowest BCUT2D eigenvalue weighted by molar-refractivity contribution is -0.116. The minimum Gasteiger partial charge on any atom is -0.297 e. The van der Waals surface area contributed by atoms with Crippen LogP contribution in [-0.4, -0.2) is 17.5 Å². The van der Waals surface area contributed by atoms with Crippen molar-refractivity contribution in [3.63, 3.8) is 0 Å². The molecule has 1 aromatic rings. The Hall–Kier alpha value is -1.44. The molecule has 1 atom stereocenters. The summed E-state index contributed by atoms with van der Waals surface area (Å²) in [5.74, 6) is 0.133. The number of Topliss-reactive ketones (excluding diaryl/α,β-unsaturated/α-hetero) is 1. The number of aliphatic imine (C=N–C) groups is 1. The highest BCUT2D eigenvalue weighted by Gasteiger charge is 2.32. The Labute approximate surface area is 70.9 Å². The summed E-state index contributed by atoms with van der Waals surface area (Å²) >= 11 is 0. The zero-order valence-electron chi connectivity index (χ0n) is 6.82. The van der Waals surface area contributed by atoms with Gasteiger partial charge >= 0.3 is 0 Å². The van der Waals surface area contributed by atoms with E-state index in [0.717, 1.165) is 11.3 Å². The van der Waals surface area contributed by atoms with Gasteiger partial charge in [0.1, 0.15) is 0 Å². The van der Waals surface area contributed by atoms with E-state index in [-0.39, 0.29) is 11.8 Å². The number of nitrogens with zero attached hydrogens (tertiary/aromatic N) is 1. The number of rotatable bonds is 2. The fourth-order valence-corrected chi connectivity index (χ4v) is 1.23. The van der Waals surface area contributed by atoms with Crippen molar-refractivity contribution < 1.29 is 4.79 Å². The van der Waals surface area contributed by atoms with Gasteiger partial charge in [-0.1, -0.05) is 30.3 Å². The van der Waals surface area contributed by atoms with Crippen LogP contribution in [0.4, 0.5) is 0 Å². The van der Waals surface area contributed by atoms with Crippen LogP contribution in [-0.2, 0) is 4.79 Å². The molecule has 0 N–H and O–H groups in total. The quantitative estimate of drug-likeness (QED) is 0.642. The van der Waals surface area contributed by atoms with E-state index >= 15 is 0 Å². The molecule has 1 aromatic carbocycles. The highest BCUT2D eigenvalue weighted by Crippen LogP contribution is 2.19. The van der Waals surface area contributed by atoms with Crippen LogP contribution in [0, 0.1) is 0 Å².